The van der Waals surface area contributed by atoms with Crippen molar-refractivity contribution in [3.63, 3.8) is 0 Å². The summed E-state index contributed by atoms with van der Waals surface area (Å²) in [7, 11) is 8.25. The van der Waals surface area contributed by atoms with Gasteiger partial charge in [0.1, 0.15) is 11.3 Å². The molecule has 0 spiro atoms. The van der Waals surface area contributed by atoms with Crippen LogP contribution in [0.4, 0.5) is 0 Å². The number of hydrogen-bond donors (Lipinski definition) is 1. The van der Waals surface area contributed by atoms with Gasteiger partial charge in [-0.25, -0.2) is 4.98 Å². The van der Waals surface area contributed by atoms with Crippen LogP contribution in [0, 0.1) is 0 Å². The third kappa shape index (κ3) is 2.88. The third-order valence-corrected chi connectivity index (χ3v) is 7.39. The standard InChI is InChI=1S/C25H30N6O/c1-29(2)15-12-18-16-6-5-9-26-25(16)31(20(18)13-15)21-14-22(32-4)28-24-23(21)17-7-10-30(3)11-8-19(17)27-24/h5-6,9,14-15H,7-8,10-13H2,1-4H3,(H,27,28)/t15-/m1/s1. The molecule has 0 aromatic carbocycles. The lowest BCUT2D eigenvalue weighted by Gasteiger charge is -2.20. The van der Waals surface area contributed by atoms with Crippen molar-refractivity contribution < 1.29 is 4.74 Å². The summed E-state index contributed by atoms with van der Waals surface area (Å²) in [6.45, 7) is 2.11. The topological polar surface area (TPSA) is 62.2 Å². The number of aromatic nitrogens is 4. The Balaban J connectivity index is 1.66. The molecule has 1 aliphatic heterocycles. The molecular weight excluding hydrogens is 400 g/mol. The summed E-state index contributed by atoms with van der Waals surface area (Å²) in [5, 5.41) is 2.48. The van der Waals surface area contributed by atoms with Crippen LogP contribution in [0.3, 0.4) is 0 Å². The van der Waals surface area contributed by atoms with E-state index in [1.165, 1.54) is 33.3 Å². The van der Waals surface area contributed by atoms with Gasteiger partial charge in [0.05, 0.1) is 12.8 Å². The largest absolute Gasteiger partial charge is 0.481 e. The summed E-state index contributed by atoms with van der Waals surface area (Å²) in [6.07, 6.45) is 6.00. The predicted octanol–water partition coefficient (Wildman–Crippen LogP) is 2.97. The number of H-pyrrole nitrogens is 1. The van der Waals surface area contributed by atoms with Crippen molar-refractivity contribution in [1.82, 2.24) is 29.3 Å². The maximum atomic E-state index is 5.64. The second kappa shape index (κ2) is 7.32. The minimum absolute atomic E-state index is 0.507. The second-order valence-electron chi connectivity index (χ2n) is 9.45. The van der Waals surface area contributed by atoms with Crippen LogP contribution in [0.25, 0.3) is 27.8 Å². The molecule has 0 saturated carbocycles. The van der Waals surface area contributed by atoms with Gasteiger partial charge in [0.2, 0.25) is 5.88 Å². The maximum absolute atomic E-state index is 5.64. The summed E-state index contributed by atoms with van der Waals surface area (Å²) in [4.78, 5) is 18.0. The van der Waals surface area contributed by atoms with Gasteiger partial charge in [-0.2, -0.15) is 4.98 Å². The Morgan fingerprint density at radius 2 is 2.00 bits per heavy atom. The molecule has 4 aromatic heterocycles. The maximum Gasteiger partial charge on any atom is 0.217 e. The first-order valence-electron chi connectivity index (χ1n) is 11.5. The number of methoxy groups -OCH3 is 1. The van der Waals surface area contributed by atoms with E-state index in [0.717, 1.165) is 55.8 Å². The van der Waals surface area contributed by atoms with Crippen LogP contribution in [0.2, 0.25) is 0 Å². The molecule has 5 heterocycles. The summed E-state index contributed by atoms with van der Waals surface area (Å²) < 4.78 is 8.04. The van der Waals surface area contributed by atoms with Gasteiger partial charge in [-0.05, 0) is 57.2 Å². The van der Waals surface area contributed by atoms with Gasteiger partial charge in [-0.15, -0.1) is 0 Å². The van der Waals surface area contributed by atoms with Crippen molar-refractivity contribution in [3.8, 4) is 11.6 Å². The average molecular weight is 431 g/mol. The van der Waals surface area contributed by atoms with Gasteiger partial charge in [0, 0.05) is 66.4 Å². The van der Waals surface area contributed by atoms with Crippen LogP contribution in [0.15, 0.2) is 24.4 Å². The number of nitrogens with zero attached hydrogens (tertiary/aromatic N) is 5. The fourth-order valence-corrected chi connectivity index (χ4v) is 5.58. The summed E-state index contributed by atoms with van der Waals surface area (Å²) >= 11 is 0. The fourth-order valence-electron chi connectivity index (χ4n) is 5.58. The number of ether oxygens (including phenoxy) is 1. The van der Waals surface area contributed by atoms with Crippen LogP contribution >= 0.6 is 0 Å². The number of fused-ring (bicyclic) bond motifs is 6. The van der Waals surface area contributed by atoms with E-state index in [-0.39, 0.29) is 0 Å². The average Bonchev–Trinajstić information content (AvgIpc) is 3.42. The molecule has 4 aromatic rings. The quantitative estimate of drug-likeness (QED) is 0.542. The molecule has 6 rings (SSSR count). The Bertz CT molecular complexity index is 1330. The summed E-state index contributed by atoms with van der Waals surface area (Å²) in [6, 6.07) is 6.88. The van der Waals surface area contributed by atoms with Gasteiger partial charge in [0.15, 0.2) is 0 Å². The Kier molecular flexibility index (Phi) is 4.52. The summed E-state index contributed by atoms with van der Waals surface area (Å²) in [5.41, 5.74) is 8.58. The zero-order valence-electron chi connectivity index (χ0n) is 19.3. The van der Waals surface area contributed by atoms with E-state index in [1.807, 2.05) is 6.20 Å². The first-order chi connectivity index (χ1) is 15.5. The first-order valence-corrected chi connectivity index (χ1v) is 11.5. The lowest BCUT2D eigenvalue weighted by molar-refractivity contribution is 0.302. The Morgan fingerprint density at radius 3 is 2.81 bits per heavy atom. The molecule has 7 nitrogen and oxygen atoms in total. The summed E-state index contributed by atoms with van der Waals surface area (Å²) in [5.74, 6) is 0.634. The van der Waals surface area contributed by atoms with Crippen molar-refractivity contribution >= 4 is 22.1 Å². The predicted molar refractivity (Wildman–Crippen MR) is 127 cm³/mol. The number of aromatic amines is 1. The van der Waals surface area contributed by atoms with Gasteiger partial charge >= 0.3 is 0 Å². The molecule has 0 unspecified atom stereocenters. The normalized spacial score (nSPS) is 19.0. The van der Waals surface area contributed by atoms with Crippen molar-refractivity contribution in [1.29, 1.82) is 0 Å². The van der Waals surface area contributed by atoms with Crippen molar-refractivity contribution in [2.45, 2.75) is 31.7 Å². The molecule has 0 saturated heterocycles. The molecule has 0 bridgehead atoms. The van der Waals surface area contributed by atoms with E-state index < -0.39 is 0 Å². The lowest BCUT2D eigenvalue weighted by Crippen LogP contribution is -2.28. The van der Waals surface area contributed by atoms with Crippen LogP contribution in [-0.2, 0) is 25.7 Å². The molecule has 0 amide bonds. The van der Waals surface area contributed by atoms with Gasteiger partial charge in [0.25, 0.3) is 0 Å². The molecule has 1 atom stereocenters. The Labute approximate surface area is 188 Å². The van der Waals surface area contributed by atoms with Gasteiger partial charge in [-0.3, -0.25) is 4.57 Å². The van der Waals surface area contributed by atoms with Crippen LogP contribution in [-0.4, -0.2) is 76.7 Å². The van der Waals surface area contributed by atoms with Crippen molar-refractivity contribution in [2.24, 2.45) is 0 Å². The smallest absolute Gasteiger partial charge is 0.217 e. The molecule has 1 aliphatic carbocycles. The lowest BCUT2D eigenvalue weighted by atomic mass is 10.1. The van der Waals surface area contributed by atoms with E-state index in [0.29, 0.717) is 11.9 Å². The number of pyridine rings is 2. The zero-order chi connectivity index (χ0) is 22.0. The minimum atomic E-state index is 0.507. The fraction of sp³-hybridized carbons (Fsp3) is 0.440. The van der Waals surface area contributed by atoms with Gasteiger partial charge < -0.3 is 19.5 Å². The monoisotopic (exact) mass is 430 g/mol. The molecule has 2 aliphatic rings. The molecule has 0 fully saturated rings. The number of rotatable bonds is 3. The highest BCUT2D eigenvalue weighted by molar-refractivity contribution is 5.94. The van der Waals surface area contributed by atoms with E-state index in [2.05, 4.69) is 58.7 Å². The number of nitrogens with one attached hydrogen (secondary N) is 1. The number of hydrogen-bond acceptors (Lipinski definition) is 5. The van der Waals surface area contributed by atoms with Crippen LogP contribution < -0.4 is 4.74 Å². The highest BCUT2D eigenvalue weighted by Crippen LogP contribution is 2.40. The zero-order valence-corrected chi connectivity index (χ0v) is 19.3. The molecule has 166 valence electrons. The van der Waals surface area contributed by atoms with Gasteiger partial charge in [-0.1, -0.05) is 0 Å². The van der Waals surface area contributed by atoms with E-state index in [9.17, 15) is 0 Å². The van der Waals surface area contributed by atoms with E-state index in [4.69, 9.17) is 14.7 Å². The second-order valence-corrected chi connectivity index (χ2v) is 9.45. The highest BCUT2D eigenvalue weighted by atomic mass is 16.5. The molecule has 0 radical (unpaired) electrons. The SMILES string of the molecule is COc1cc(-n2c3c(c4cccnc42)C[C@@H](N(C)C)C3)c2c3c([nH]c2n1)CCN(C)CC3. The third-order valence-electron chi connectivity index (χ3n) is 7.39. The van der Waals surface area contributed by atoms with Crippen LogP contribution in [0.1, 0.15) is 22.5 Å². The molecular formula is C25H30N6O. The van der Waals surface area contributed by atoms with Crippen molar-refractivity contribution in [2.75, 3.05) is 41.3 Å². The Morgan fingerprint density at radius 1 is 1.16 bits per heavy atom. The van der Waals surface area contributed by atoms with Crippen molar-refractivity contribution in [3.05, 3.63) is 46.9 Å². The molecule has 1 N–H and O–H groups in total. The minimum Gasteiger partial charge on any atom is -0.481 e. The van der Waals surface area contributed by atoms with E-state index >= 15 is 0 Å². The highest BCUT2D eigenvalue weighted by Gasteiger charge is 2.32. The van der Waals surface area contributed by atoms with Crippen LogP contribution in [0.5, 0.6) is 5.88 Å². The first kappa shape index (κ1) is 19.8. The molecule has 32 heavy (non-hydrogen) atoms. The Hall–Kier alpha value is -2.90. The van der Waals surface area contributed by atoms with E-state index in [1.54, 1.807) is 7.11 Å². The number of likely N-dealkylation sites (N-methyl/N-ethyl adjacent to an activating group) is 2. The molecule has 7 heteroatoms.